The Kier molecular flexibility index (Phi) is 9.70. The molecule has 0 saturated carbocycles. The van der Waals surface area contributed by atoms with Gasteiger partial charge in [0.05, 0.1) is 18.4 Å². The topological polar surface area (TPSA) is 118 Å². The number of pyridine rings is 1. The minimum atomic E-state index is -5.08. The smallest absolute Gasteiger partial charge is 0.475 e. The number of likely N-dealkylation sites (tertiary alicyclic amines) is 1. The number of ether oxygens (including phenoxy) is 1. The number of imidazole rings is 1. The zero-order valence-corrected chi connectivity index (χ0v) is 21.0. The van der Waals surface area contributed by atoms with Crippen molar-refractivity contribution in [2.45, 2.75) is 44.1 Å². The third-order valence-electron chi connectivity index (χ3n) is 6.04. The average Bonchev–Trinajstić information content (AvgIpc) is 3.48. The van der Waals surface area contributed by atoms with E-state index in [9.17, 15) is 30.7 Å². The monoisotopic (exact) mass is 592 g/mol. The van der Waals surface area contributed by atoms with E-state index >= 15 is 0 Å². The molecule has 0 bridgehead atoms. The van der Waals surface area contributed by atoms with Crippen molar-refractivity contribution in [3.8, 4) is 11.3 Å². The Morgan fingerprint density at radius 1 is 0.951 bits per heavy atom. The number of halogens is 7. The highest BCUT2D eigenvalue weighted by atomic mass is 19.4. The number of fused-ring (bicyclic) bond motifs is 1. The highest BCUT2D eigenvalue weighted by Crippen LogP contribution is 2.35. The highest BCUT2D eigenvalue weighted by Gasteiger charge is 2.43. The number of aliphatic carboxylic acids is 2. The van der Waals surface area contributed by atoms with E-state index in [2.05, 4.69) is 25.5 Å². The van der Waals surface area contributed by atoms with Gasteiger partial charge in [-0.25, -0.2) is 19.0 Å². The number of carboxylic acid groups (broad SMARTS) is 2. The summed E-state index contributed by atoms with van der Waals surface area (Å²) in [7, 11) is 0. The van der Waals surface area contributed by atoms with Crippen LogP contribution in [-0.2, 0) is 34.0 Å². The summed E-state index contributed by atoms with van der Waals surface area (Å²) in [6, 6.07) is 10.7. The molecule has 4 heterocycles. The fourth-order valence-electron chi connectivity index (χ4n) is 4.17. The Bertz CT molecular complexity index is 1310. The number of benzene rings is 1. The molecule has 1 aromatic carbocycles. The quantitative estimate of drug-likeness (QED) is 0.427. The maximum atomic E-state index is 13.3. The molecule has 3 aromatic rings. The minimum absolute atomic E-state index is 0.190. The van der Waals surface area contributed by atoms with Crippen molar-refractivity contribution in [3.05, 3.63) is 72.2 Å². The Labute approximate surface area is 227 Å². The molecule has 2 aliphatic rings. The molecule has 2 aliphatic heterocycles. The summed E-state index contributed by atoms with van der Waals surface area (Å²) in [4.78, 5) is 28.9. The Hall–Kier alpha value is -4.05. The van der Waals surface area contributed by atoms with E-state index in [4.69, 9.17) is 24.5 Å². The fourth-order valence-corrected chi connectivity index (χ4v) is 4.17. The molecule has 1 unspecified atom stereocenters. The van der Waals surface area contributed by atoms with Gasteiger partial charge in [0.1, 0.15) is 23.8 Å². The Balaban J connectivity index is 0.000000276. The van der Waals surface area contributed by atoms with Crippen LogP contribution >= 0.6 is 0 Å². The van der Waals surface area contributed by atoms with Crippen molar-refractivity contribution >= 4 is 11.9 Å². The molecule has 16 heteroatoms. The first-order chi connectivity index (χ1) is 19.1. The van der Waals surface area contributed by atoms with Crippen molar-refractivity contribution in [2.75, 3.05) is 13.1 Å². The van der Waals surface area contributed by atoms with Gasteiger partial charge in [-0.1, -0.05) is 6.07 Å². The van der Waals surface area contributed by atoms with Gasteiger partial charge in [0.2, 0.25) is 0 Å². The molecule has 1 saturated heterocycles. The van der Waals surface area contributed by atoms with Crippen LogP contribution in [0.15, 0.2) is 55.0 Å². The number of aromatic nitrogens is 3. The van der Waals surface area contributed by atoms with Gasteiger partial charge in [-0.3, -0.25) is 9.88 Å². The van der Waals surface area contributed by atoms with Crippen LogP contribution in [0, 0.1) is 5.82 Å². The van der Waals surface area contributed by atoms with Crippen LogP contribution in [-0.4, -0.2) is 72.6 Å². The van der Waals surface area contributed by atoms with E-state index in [0.29, 0.717) is 6.61 Å². The lowest BCUT2D eigenvalue weighted by molar-refractivity contribution is -0.193. The van der Waals surface area contributed by atoms with Crippen LogP contribution < -0.4 is 0 Å². The van der Waals surface area contributed by atoms with Crippen LogP contribution in [0.2, 0.25) is 0 Å². The van der Waals surface area contributed by atoms with E-state index in [1.54, 1.807) is 6.20 Å². The fraction of sp³-hybridized carbons (Fsp3) is 0.360. The van der Waals surface area contributed by atoms with Gasteiger partial charge in [-0.15, -0.1) is 0 Å². The molecule has 1 atom stereocenters. The molecule has 1 fully saturated rings. The van der Waals surface area contributed by atoms with E-state index < -0.39 is 24.3 Å². The van der Waals surface area contributed by atoms with Gasteiger partial charge in [-0.05, 0) is 47.9 Å². The first-order valence-electron chi connectivity index (χ1n) is 11.8. The number of hydrogen-bond donors (Lipinski definition) is 2. The second kappa shape index (κ2) is 12.6. The van der Waals surface area contributed by atoms with Crippen molar-refractivity contribution in [3.63, 3.8) is 0 Å². The molecule has 0 radical (unpaired) electrons. The number of hydrogen-bond acceptors (Lipinski definition) is 6. The van der Waals surface area contributed by atoms with E-state index in [1.165, 1.54) is 17.7 Å². The first-order valence-corrected chi connectivity index (χ1v) is 11.8. The van der Waals surface area contributed by atoms with Crippen molar-refractivity contribution in [2.24, 2.45) is 0 Å². The van der Waals surface area contributed by atoms with Gasteiger partial charge in [0.25, 0.3) is 0 Å². The van der Waals surface area contributed by atoms with Crippen molar-refractivity contribution in [1.29, 1.82) is 0 Å². The van der Waals surface area contributed by atoms with Crippen LogP contribution in [0.25, 0.3) is 11.3 Å². The molecular formula is C25H23F7N4O5. The number of alkyl halides is 6. The molecule has 0 amide bonds. The number of carbonyl (C=O) groups is 2. The standard InChI is InChI=1S/C21H21FN4O.2C2HF3O2/c22-18-5-3-17(4-6-18)19-11-24-20-13-27-21(15-26(19)20)7-9-25(14-21)12-16-2-1-8-23-10-16;2*3-2(4,5)1(6)7/h1-6,8,10-11H,7,9,12-15H2;2*(H,6,7). The Morgan fingerprint density at radius 3 is 2.10 bits per heavy atom. The zero-order chi connectivity index (χ0) is 30.4. The summed E-state index contributed by atoms with van der Waals surface area (Å²) >= 11 is 0. The first kappa shape index (κ1) is 31.5. The number of nitrogens with zero attached hydrogens (tertiary/aromatic N) is 4. The second-order valence-electron chi connectivity index (χ2n) is 9.05. The molecule has 2 aromatic heterocycles. The van der Waals surface area contributed by atoms with Crippen LogP contribution in [0.5, 0.6) is 0 Å². The maximum absolute atomic E-state index is 13.3. The molecular weight excluding hydrogens is 569 g/mol. The van der Waals surface area contributed by atoms with E-state index in [0.717, 1.165) is 49.7 Å². The van der Waals surface area contributed by atoms with Gasteiger partial charge in [0.15, 0.2) is 0 Å². The lowest BCUT2D eigenvalue weighted by Gasteiger charge is -2.35. The second-order valence-corrected chi connectivity index (χ2v) is 9.05. The molecule has 0 aliphatic carbocycles. The average molecular weight is 592 g/mol. The summed E-state index contributed by atoms with van der Waals surface area (Å²) in [6.45, 7) is 4.08. The lowest BCUT2D eigenvalue weighted by Crippen LogP contribution is -2.44. The zero-order valence-electron chi connectivity index (χ0n) is 21.0. The molecule has 5 rings (SSSR count). The third kappa shape index (κ3) is 8.72. The van der Waals surface area contributed by atoms with Gasteiger partial charge in [0, 0.05) is 32.0 Å². The van der Waals surface area contributed by atoms with Gasteiger partial charge < -0.3 is 19.5 Å². The number of carboxylic acids is 2. The minimum Gasteiger partial charge on any atom is -0.475 e. The molecule has 2 N–H and O–H groups in total. The summed E-state index contributed by atoms with van der Waals surface area (Å²) in [5.74, 6) is -4.80. The largest absolute Gasteiger partial charge is 0.490 e. The molecule has 1 spiro atoms. The molecule has 41 heavy (non-hydrogen) atoms. The third-order valence-corrected chi connectivity index (χ3v) is 6.04. The summed E-state index contributed by atoms with van der Waals surface area (Å²) in [5, 5.41) is 14.2. The van der Waals surface area contributed by atoms with Gasteiger partial charge in [-0.2, -0.15) is 26.3 Å². The summed E-state index contributed by atoms with van der Waals surface area (Å²) in [5.41, 5.74) is 3.04. The van der Waals surface area contributed by atoms with Crippen molar-refractivity contribution < 1.29 is 55.3 Å². The van der Waals surface area contributed by atoms with E-state index in [-0.39, 0.29) is 11.4 Å². The van der Waals surface area contributed by atoms with Crippen molar-refractivity contribution in [1.82, 2.24) is 19.4 Å². The SMILES string of the molecule is Fc1ccc(-c2cnc3n2CC2(CCN(Cc4cccnc4)C2)OC3)cc1.O=C(O)C(F)(F)F.O=C(O)C(F)(F)F. The van der Waals surface area contributed by atoms with Crippen LogP contribution in [0.4, 0.5) is 30.7 Å². The predicted octanol–water partition coefficient (Wildman–Crippen LogP) is 4.53. The van der Waals surface area contributed by atoms with E-state index in [1.807, 2.05) is 30.6 Å². The molecule has 9 nitrogen and oxygen atoms in total. The summed E-state index contributed by atoms with van der Waals surface area (Å²) in [6.07, 6.45) is -3.58. The Morgan fingerprint density at radius 2 is 1.56 bits per heavy atom. The maximum Gasteiger partial charge on any atom is 0.490 e. The van der Waals surface area contributed by atoms with Gasteiger partial charge >= 0.3 is 24.3 Å². The normalized spacial score (nSPS) is 18.5. The highest BCUT2D eigenvalue weighted by molar-refractivity contribution is 5.73. The summed E-state index contributed by atoms with van der Waals surface area (Å²) < 4.78 is 85.3. The number of rotatable bonds is 3. The molecule has 222 valence electrons. The lowest BCUT2D eigenvalue weighted by atomic mass is 10.0. The van der Waals surface area contributed by atoms with Crippen LogP contribution in [0.1, 0.15) is 17.8 Å². The predicted molar refractivity (Wildman–Crippen MR) is 127 cm³/mol. The van der Waals surface area contributed by atoms with Crippen LogP contribution in [0.3, 0.4) is 0 Å².